The molecule has 0 atom stereocenters. The van der Waals surface area contributed by atoms with Crippen molar-refractivity contribution in [2.75, 3.05) is 12.3 Å². The Hall–Kier alpha value is -1.51. The molecular weight excluding hydrogens is 200 g/mol. The molecule has 0 spiro atoms. The summed E-state index contributed by atoms with van der Waals surface area (Å²) in [6.07, 6.45) is 3.32. The van der Waals surface area contributed by atoms with Crippen LogP contribution in [0, 0.1) is 6.92 Å². The molecule has 0 heterocycles. The third-order valence-electron chi connectivity index (χ3n) is 2.52. The Kier molecular flexibility index (Phi) is 4.83. The molecule has 0 fully saturated rings. The Morgan fingerprint density at radius 3 is 2.81 bits per heavy atom. The number of benzene rings is 1. The fourth-order valence-electron chi connectivity index (χ4n) is 1.54. The molecule has 0 bridgehead atoms. The van der Waals surface area contributed by atoms with Crippen molar-refractivity contribution in [3.05, 3.63) is 29.3 Å². The van der Waals surface area contributed by atoms with Gasteiger partial charge in [0, 0.05) is 12.2 Å². The van der Waals surface area contributed by atoms with Gasteiger partial charge in [0.25, 0.3) is 5.91 Å². The lowest BCUT2D eigenvalue weighted by molar-refractivity contribution is 0.0954. The third-order valence-corrected chi connectivity index (χ3v) is 2.52. The van der Waals surface area contributed by atoms with Gasteiger partial charge in [0.15, 0.2) is 0 Å². The minimum Gasteiger partial charge on any atom is -0.398 e. The van der Waals surface area contributed by atoms with Gasteiger partial charge in [-0.25, -0.2) is 0 Å². The van der Waals surface area contributed by atoms with Crippen molar-refractivity contribution < 1.29 is 4.79 Å². The van der Waals surface area contributed by atoms with E-state index in [9.17, 15) is 4.79 Å². The first-order chi connectivity index (χ1) is 7.65. The first-order valence-corrected chi connectivity index (χ1v) is 5.79. The molecule has 0 unspecified atom stereocenters. The zero-order valence-corrected chi connectivity index (χ0v) is 10.0. The van der Waals surface area contributed by atoms with Crippen LogP contribution in [0.3, 0.4) is 0 Å². The van der Waals surface area contributed by atoms with Crippen LogP contribution in [0.2, 0.25) is 0 Å². The number of nitrogens with two attached hydrogens (primary N) is 1. The summed E-state index contributed by atoms with van der Waals surface area (Å²) in [7, 11) is 0. The Bertz CT molecular complexity index is 361. The van der Waals surface area contributed by atoms with Crippen molar-refractivity contribution in [1.29, 1.82) is 0 Å². The molecule has 1 aromatic rings. The van der Waals surface area contributed by atoms with Gasteiger partial charge in [-0.1, -0.05) is 31.4 Å². The van der Waals surface area contributed by atoms with Crippen molar-refractivity contribution in [3.8, 4) is 0 Å². The minimum absolute atomic E-state index is 0.0719. The first-order valence-electron chi connectivity index (χ1n) is 5.79. The molecule has 88 valence electrons. The summed E-state index contributed by atoms with van der Waals surface area (Å²) in [5.41, 5.74) is 7.93. The molecule has 1 aromatic carbocycles. The summed E-state index contributed by atoms with van der Waals surface area (Å²) in [6, 6.07) is 5.50. The van der Waals surface area contributed by atoms with Gasteiger partial charge in [0.2, 0.25) is 0 Å². The van der Waals surface area contributed by atoms with Crippen molar-refractivity contribution in [2.24, 2.45) is 0 Å². The Morgan fingerprint density at radius 2 is 2.12 bits per heavy atom. The summed E-state index contributed by atoms with van der Waals surface area (Å²) in [5, 5.41) is 2.88. The molecule has 1 rings (SSSR count). The molecule has 0 saturated carbocycles. The highest BCUT2D eigenvalue weighted by molar-refractivity contribution is 5.99. The number of anilines is 1. The van der Waals surface area contributed by atoms with Gasteiger partial charge in [-0.05, 0) is 25.5 Å². The first kappa shape index (κ1) is 12.6. The second kappa shape index (κ2) is 6.16. The number of nitrogens with one attached hydrogen (secondary N) is 1. The largest absolute Gasteiger partial charge is 0.398 e. The van der Waals surface area contributed by atoms with Crippen LogP contribution in [-0.4, -0.2) is 12.5 Å². The number of aryl methyl sites for hydroxylation is 1. The monoisotopic (exact) mass is 220 g/mol. The quantitative estimate of drug-likeness (QED) is 0.591. The molecule has 1 amide bonds. The highest BCUT2D eigenvalue weighted by atomic mass is 16.1. The lowest BCUT2D eigenvalue weighted by Crippen LogP contribution is -2.25. The van der Waals surface area contributed by atoms with E-state index < -0.39 is 0 Å². The van der Waals surface area contributed by atoms with Gasteiger partial charge < -0.3 is 11.1 Å². The van der Waals surface area contributed by atoms with Gasteiger partial charge in [-0.15, -0.1) is 0 Å². The van der Waals surface area contributed by atoms with E-state index in [-0.39, 0.29) is 5.91 Å². The predicted molar refractivity (Wildman–Crippen MR) is 67.4 cm³/mol. The van der Waals surface area contributed by atoms with Gasteiger partial charge in [0.1, 0.15) is 0 Å². The number of rotatable bonds is 5. The number of amides is 1. The van der Waals surface area contributed by atoms with Crippen molar-refractivity contribution in [1.82, 2.24) is 5.32 Å². The maximum Gasteiger partial charge on any atom is 0.253 e. The van der Waals surface area contributed by atoms with Gasteiger partial charge in [-0.3, -0.25) is 4.79 Å². The summed E-state index contributed by atoms with van der Waals surface area (Å²) in [5.74, 6) is -0.0719. The summed E-state index contributed by atoms with van der Waals surface area (Å²) in [4.78, 5) is 11.8. The van der Waals surface area contributed by atoms with Crippen LogP contribution in [0.4, 0.5) is 5.69 Å². The second-order valence-corrected chi connectivity index (χ2v) is 4.05. The average Bonchev–Trinajstić information content (AvgIpc) is 2.27. The zero-order chi connectivity index (χ0) is 12.0. The van der Waals surface area contributed by atoms with E-state index in [1.54, 1.807) is 6.07 Å². The highest BCUT2D eigenvalue weighted by Crippen LogP contribution is 2.13. The van der Waals surface area contributed by atoms with Crippen LogP contribution in [0.1, 0.15) is 42.1 Å². The lowest BCUT2D eigenvalue weighted by Gasteiger charge is -2.08. The average molecular weight is 220 g/mol. The van der Waals surface area contributed by atoms with Crippen LogP contribution in [0.15, 0.2) is 18.2 Å². The fraction of sp³-hybridized carbons (Fsp3) is 0.462. The van der Waals surface area contributed by atoms with E-state index in [2.05, 4.69) is 12.2 Å². The SMILES string of the molecule is CCCCCNC(=O)c1cc(C)ccc1N. The number of hydrogen-bond donors (Lipinski definition) is 2. The predicted octanol–water partition coefficient (Wildman–Crippen LogP) is 2.50. The molecule has 3 heteroatoms. The molecule has 3 nitrogen and oxygen atoms in total. The molecule has 0 aliphatic rings. The Labute approximate surface area is 97.0 Å². The van der Waals surface area contributed by atoms with Crippen molar-refractivity contribution in [2.45, 2.75) is 33.1 Å². The van der Waals surface area contributed by atoms with E-state index in [1.807, 2.05) is 19.1 Å². The molecule has 0 saturated heterocycles. The second-order valence-electron chi connectivity index (χ2n) is 4.05. The van der Waals surface area contributed by atoms with E-state index in [0.29, 0.717) is 11.3 Å². The summed E-state index contributed by atoms with van der Waals surface area (Å²) in [6.45, 7) is 4.81. The number of carbonyl (C=O) groups is 1. The number of carbonyl (C=O) groups excluding carboxylic acids is 1. The number of hydrogen-bond acceptors (Lipinski definition) is 2. The maximum absolute atomic E-state index is 11.8. The molecule has 0 aromatic heterocycles. The maximum atomic E-state index is 11.8. The Balaban J connectivity index is 2.55. The summed E-state index contributed by atoms with van der Waals surface area (Å²) < 4.78 is 0. The molecular formula is C13H20N2O. The zero-order valence-electron chi connectivity index (χ0n) is 10.0. The van der Waals surface area contributed by atoms with E-state index in [4.69, 9.17) is 5.73 Å². The standard InChI is InChI=1S/C13H20N2O/c1-3-4-5-8-15-13(16)11-9-10(2)6-7-12(11)14/h6-7,9H,3-5,8,14H2,1-2H3,(H,15,16). The third kappa shape index (κ3) is 3.57. The van der Waals surface area contributed by atoms with Crippen LogP contribution in [0.5, 0.6) is 0 Å². The Morgan fingerprint density at radius 1 is 1.38 bits per heavy atom. The fourth-order valence-corrected chi connectivity index (χ4v) is 1.54. The lowest BCUT2D eigenvalue weighted by atomic mass is 10.1. The van der Waals surface area contributed by atoms with E-state index in [1.165, 1.54) is 0 Å². The molecule has 0 aliphatic carbocycles. The normalized spacial score (nSPS) is 10.1. The van der Waals surface area contributed by atoms with Gasteiger partial charge in [0.05, 0.1) is 5.56 Å². The molecule has 16 heavy (non-hydrogen) atoms. The van der Waals surface area contributed by atoms with E-state index >= 15 is 0 Å². The van der Waals surface area contributed by atoms with Crippen molar-refractivity contribution in [3.63, 3.8) is 0 Å². The number of unbranched alkanes of at least 4 members (excludes halogenated alkanes) is 2. The molecule has 3 N–H and O–H groups in total. The van der Waals surface area contributed by atoms with Crippen LogP contribution < -0.4 is 11.1 Å². The molecule has 0 aliphatic heterocycles. The van der Waals surface area contributed by atoms with Crippen LogP contribution in [-0.2, 0) is 0 Å². The van der Waals surface area contributed by atoms with Crippen LogP contribution >= 0.6 is 0 Å². The molecule has 0 radical (unpaired) electrons. The smallest absolute Gasteiger partial charge is 0.253 e. The van der Waals surface area contributed by atoms with Crippen molar-refractivity contribution >= 4 is 11.6 Å². The highest BCUT2D eigenvalue weighted by Gasteiger charge is 2.08. The van der Waals surface area contributed by atoms with E-state index in [0.717, 1.165) is 31.4 Å². The summed E-state index contributed by atoms with van der Waals surface area (Å²) >= 11 is 0. The number of nitrogen functional groups attached to an aromatic ring is 1. The topological polar surface area (TPSA) is 55.1 Å². The van der Waals surface area contributed by atoms with Gasteiger partial charge in [-0.2, -0.15) is 0 Å². The van der Waals surface area contributed by atoms with Gasteiger partial charge >= 0.3 is 0 Å². The minimum atomic E-state index is -0.0719. The van der Waals surface area contributed by atoms with Crippen LogP contribution in [0.25, 0.3) is 0 Å².